The van der Waals surface area contributed by atoms with E-state index in [0.29, 0.717) is 35.5 Å². The van der Waals surface area contributed by atoms with Gasteiger partial charge in [0.25, 0.3) is 0 Å². The molecule has 2 amide bonds. The van der Waals surface area contributed by atoms with Crippen LogP contribution in [0.25, 0.3) is 0 Å². The summed E-state index contributed by atoms with van der Waals surface area (Å²) in [5.41, 5.74) is 1.54. The van der Waals surface area contributed by atoms with E-state index in [1.165, 1.54) is 0 Å². The van der Waals surface area contributed by atoms with Gasteiger partial charge >= 0.3 is 11.8 Å². The number of hydrogen-bond donors (Lipinski definition) is 2. The maximum Gasteiger partial charge on any atom is 0.313 e. The first-order valence-electron chi connectivity index (χ1n) is 8.50. The van der Waals surface area contributed by atoms with E-state index in [1.807, 2.05) is 24.3 Å². The lowest BCUT2D eigenvalue weighted by Gasteiger charge is -2.09. The molecule has 0 aliphatic rings. The van der Waals surface area contributed by atoms with E-state index in [1.54, 1.807) is 24.3 Å². The van der Waals surface area contributed by atoms with Crippen molar-refractivity contribution in [3.63, 3.8) is 0 Å². The zero-order valence-corrected chi connectivity index (χ0v) is 15.7. The van der Waals surface area contributed by atoms with Crippen molar-refractivity contribution < 1.29 is 14.3 Å². The predicted octanol–water partition coefficient (Wildman–Crippen LogP) is 4.02. The third-order valence-corrected chi connectivity index (χ3v) is 3.90. The summed E-state index contributed by atoms with van der Waals surface area (Å²) in [6, 6.07) is 14.3. The van der Waals surface area contributed by atoms with Crippen LogP contribution in [0.4, 0.5) is 5.69 Å². The Labute approximate surface area is 158 Å². The topological polar surface area (TPSA) is 67.4 Å². The van der Waals surface area contributed by atoms with Crippen LogP contribution in [0.1, 0.15) is 25.8 Å². The quantitative estimate of drug-likeness (QED) is 0.719. The Kier molecular flexibility index (Phi) is 7.48. The summed E-state index contributed by atoms with van der Waals surface area (Å²) in [6.45, 7) is 5.02. The lowest BCUT2D eigenvalue weighted by atomic mass is 10.1. The van der Waals surface area contributed by atoms with E-state index in [0.717, 1.165) is 12.0 Å². The van der Waals surface area contributed by atoms with Crippen molar-refractivity contribution in [2.75, 3.05) is 11.9 Å². The monoisotopic (exact) mass is 374 g/mol. The van der Waals surface area contributed by atoms with Crippen molar-refractivity contribution >= 4 is 29.1 Å². The number of ether oxygens (including phenoxy) is 1. The van der Waals surface area contributed by atoms with E-state index >= 15 is 0 Å². The molecule has 0 radical (unpaired) electrons. The zero-order valence-electron chi connectivity index (χ0n) is 14.9. The highest BCUT2D eigenvalue weighted by atomic mass is 35.5. The van der Waals surface area contributed by atoms with Gasteiger partial charge in [-0.15, -0.1) is 0 Å². The molecule has 5 nitrogen and oxygen atoms in total. The highest BCUT2D eigenvalue weighted by molar-refractivity contribution is 6.39. The fourth-order valence-electron chi connectivity index (χ4n) is 2.12. The molecule has 0 heterocycles. The van der Waals surface area contributed by atoms with Crippen molar-refractivity contribution in [1.29, 1.82) is 0 Å². The third kappa shape index (κ3) is 6.76. The van der Waals surface area contributed by atoms with Gasteiger partial charge in [0, 0.05) is 17.3 Å². The third-order valence-electron chi connectivity index (χ3n) is 3.64. The number of amides is 2. The van der Waals surface area contributed by atoms with E-state index in [2.05, 4.69) is 24.5 Å². The van der Waals surface area contributed by atoms with Gasteiger partial charge in [0.15, 0.2) is 0 Å². The van der Waals surface area contributed by atoms with Crippen molar-refractivity contribution in [3.05, 3.63) is 59.1 Å². The number of benzene rings is 2. The van der Waals surface area contributed by atoms with Crippen LogP contribution < -0.4 is 15.4 Å². The first-order valence-corrected chi connectivity index (χ1v) is 8.88. The first kappa shape index (κ1) is 19.8. The Morgan fingerprint density at radius 3 is 2.27 bits per heavy atom. The van der Waals surface area contributed by atoms with Crippen molar-refractivity contribution in [1.82, 2.24) is 5.32 Å². The average molecular weight is 375 g/mol. The second-order valence-corrected chi connectivity index (χ2v) is 6.77. The molecular weight excluding hydrogens is 352 g/mol. The molecule has 0 atom stereocenters. The Balaban J connectivity index is 1.80. The highest BCUT2D eigenvalue weighted by Gasteiger charge is 2.13. The van der Waals surface area contributed by atoms with Crippen molar-refractivity contribution in [2.45, 2.75) is 26.9 Å². The average Bonchev–Trinajstić information content (AvgIpc) is 2.62. The number of anilines is 1. The van der Waals surface area contributed by atoms with Gasteiger partial charge < -0.3 is 15.4 Å². The molecule has 0 aliphatic heterocycles. The van der Waals surface area contributed by atoms with Crippen molar-refractivity contribution in [2.24, 2.45) is 5.92 Å². The SMILES string of the molecule is CC(C)CCNC(=O)C(=O)Nc1ccc(OCc2ccc(Cl)cc2)cc1. The molecule has 2 aromatic rings. The fraction of sp³-hybridized carbons (Fsp3) is 0.300. The zero-order chi connectivity index (χ0) is 18.9. The molecule has 0 aliphatic carbocycles. The van der Waals surface area contributed by atoms with Crippen LogP contribution in [0.2, 0.25) is 5.02 Å². The molecule has 0 spiro atoms. The van der Waals surface area contributed by atoms with Crippen LogP contribution in [0.3, 0.4) is 0 Å². The molecule has 0 unspecified atom stereocenters. The van der Waals surface area contributed by atoms with Gasteiger partial charge in [0.2, 0.25) is 0 Å². The first-order chi connectivity index (χ1) is 12.4. The number of halogens is 1. The normalized spacial score (nSPS) is 10.5. The lowest BCUT2D eigenvalue weighted by Crippen LogP contribution is -2.36. The predicted molar refractivity (Wildman–Crippen MR) is 103 cm³/mol. The van der Waals surface area contributed by atoms with E-state index in [-0.39, 0.29) is 0 Å². The van der Waals surface area contributed by atoms with Gasteiger partial charge in [0.1, 0.15) is 12.4 Å². The minimum Gasteiger partial charge on any atom is -0.489 e. The van der Waals surface area contributed by atoms with Crippen LogP contribution in [0.15, 0.2) is 48.5 Å². The molecule has 138 valence electrons. The highest BCUT2D eigenvalue weighted by Crippen LogP contribution is 2.18. The molecule has 0 saturated carbocycles. The number of hydrogen-bond acceptors (Lipinski definition) is 3. The molecule has 0 fully saturated rings. The molecule has 0 bridgehead atoms. The Morgan fingerprint density at radius 1 is 1.00 bits per heavy atom. The smallest absolute Gasteiger partial charge is 0.313 e. The number of nitrogens with one attached hydrogen (secondary N) is 2. The Hall–Kier alpha value is -2.53. The molecule has 6 heteroatoms. The van der Waals surface area contributed by atoms with Gasteiger partial charge in [-0.25, -0.2) is 0 Å². The van der Waals surface area contributed by atoms with Crippen LogP contribution in [-0.2, 0) is 16.2 Å². The Morgan fingerprint density at radius 2 is 1.65 bits per heavy atom. The maximum atomic E-state index is 11.8. The van der Waals surface area contributed by atoms with Crippen molar-refractivity contribution in [3.8, 4) is 5.75 Å². The van der Waals surface area contributed by atoms with Crippen LogP contribution >= 0.6 is 11.6 Å². The second-order valence-electron chi connectivity index (χ2n) is 6.33. The minimum atomic E-state index is -0.677. The molecule has 2 aromatic carbocycles. The van der Waals surface area contributed by atoms with Gasteiger partial charge in [-0.2, -0.15) is 0 Å². The van der Waals surface area contributed by atoms with E-state index < -0.39 is 11.8 Å². The lowest BCUT2D eigenvalue weighted by molar-refractivity contribution is -0.136. The summed E-state index contributed by atoms with van der Waals surface area (Å²) in [5.74, 6) is -0.171. The number of carbonyl (C=O) groups is 2. The summed E-state index contributed by atoms with van der Waals surface area (Å²) in [5, 5.41) is 5.85. The minimum absolute atomic E-state index is 0.418. The largest absolute Gasteiger partial charge is 0.489 e. The van der Waals surface area contributed by atoms with Gasteiger partial charge in [0.05, 0.1) is 0 Å². The standard InChI is InChI=1S/C20H23ClN2O3/c1-14(2)11-12-22-19(24)20(25)23-17-7-9-18(10-8-17)26-13-15-3-5-16(21)6-4-15/h3-10,14H,11-13H2,1-2H3,(H,22,24)(H,23,25). The summed E-state index contributed by atoms with van der Waals surface area (Å²) >= 11 is 5.85. The van der Waals surface area contributed by atoms with Crippen LogP contribution in [-0.4, -0.2) is 18.4 Å². The summed E-state index contributed by atoms with van der Waals surface area (Å²) < 4.78 is 5.68. The Bertz CT molecular complexity index is 728. The van der Waals surface area contributed by atoms with Gasteiger partial charge in [-0.05, 0) is 54.3 Å². The summed E-state index contributed by atoms with van der Waals surface area (Å²) in [6.07, 6.45) is 0.832. The maximum absolute atomic E-state index is 11.8. The summed E-state index contributed by atoms with van der Waals surface area (Å²) in [7, 11) is 0. The van der Waals surface area contributed by atoms with E-state index in [4.69, 9.17) is 16.3 Å². The molecular formula is C20H23ClN2O3. The van der Waals surface area contributed by atoms with Gasteiger partial charge in [-0.3, -0.25) is 9.59 Å². The number of rotatable bonds is 7. The second kappa shape index (κ2) is 9.82. The molecule has 2 N–H and O–H groups in total. The summed E-state index contributed by atoms with van der Waals surface area (Å²) in [4.78, 5) is 23.6. The molecule has 26 heavy (non-hydrogen) atoms. The van der Waals surface area contributed by atoms with Crippen LogP contribution in [0, 0.1) is 5.92 Å². The molecule has 2 rings (SSSR count). The molecule has 0 saturated heterocycles. The number of carbonyl (C=O) groups excluding carboxylic acids is 2. The van der Waals surface area contributed by atoms with E-state index in [9.17, 15) is 9.59 Å². The molecule has 0 aromatic heterocycles. The van der Waals surface area contributed by atoms with Crippen LogP contribution in [0.5, 0.6) is 5.75 Å². The fourth-order valence-corrected chi connectivity index (χ4v) is 2.25. The van der Waals surface area contributed by atoms with Gasteiger partial charge in [-0.1, -0.05) is 37.6 Å².